The zero-order valence-corrected chi connectivity index (χ0v) is 9.91. The summed E-state index contributed by atoms with van der Waals surface area (Å²) in [5.41, 5.74) is -0.561. The van der Waals surface area contributed by atoms with Crippen molar-refractivity contribution in [2.24, 2.45) is 0 Å². The van der Waals surface area contributed by atoms with Gasteiger partial charge in [0.1, 0.15) is 0 Å². The van der Waals surface area contributed by atoms with E-state index >= 15 is 0 Å². The third-order valence-corrected chi connectivity index (χ3v) is 2.99. The zero-order valence-electron chi connectivity index (χ0n) is 9.91. The molecule has 1 saturated heterocycles. The van der Waals surface area contributed by atoms with Gasteiger partial charge in [0, 0.05) is 6.42 Å². The molecule has 0 N–H and O–H groups in total. The van der Waals surface area contributed by atoms with E-state index in [0.717, 1.165) is 6.42 Å². The molecule has 0 saturated carbocycles. The number of nitriles is 1. The van der Waals surface area contributed by atoms with E-state index in [2.05, 4.69) is 6.07 Å². The van der Waals surface area contributed by atoms with Crippen molar-refractivity contribution in [3.8, 4) is 6.07 Å². The molecule has 0 aromatic carbocycles. The topological polar surface area (TPSA) is 42.2 Å². The van der Waals surface area contributed by atoms with Crippen molar-refractivity contribution < 1.29 is 9.31 Å². The minimum atomic E-state index is -0.284. The molecule has 1 rings (SSSR count). The van der Waals surface area contributed by atoms with Gasteiger partial charge >= 0.3 is 7.12 Å². The minimum Gasteiger partial charge on any atom is -0.400 e. The maximum Gasteiger partial charge on any atom is 0.486 e. The predicted octanol–water partition coefficient (Wildman–Crippen LogP) is 2.48. The number of hydrogen-bond acceptors (Lipinski definition) is 3. The Kier molecular flexibility index (Phi) is 3.59. The van der Waals surface area contributed by atoms with E-state index in [4.69, 9.17) is 14.6 Å². The van der Waals surface area contributed by atoms with E-state index in [9.17, 15) is 0 Å². The first-order valence-corrected chi connectivity index (χ1v) is 5.28. The van der Waals surface area contributed by atoms with Crippen LogP contribution in [-0.2, 0) is 9.31 Å². The molecule has 0 atom stereocenters. The van der Waals surface area contributed by atoms with Gasteiger partial charge in [0.25, 0.3) is 0 Å². The lowest BCUT2D eigenvalue weighted by Crippen LogP contribution is -2.41. The summed E-state index contributed by atoms with van der Waals surface area (Å²) in [6, 6.07) is 2.09. The summed E-state index contributed by atoms with van der Waals surface area (Å²) in [5.74, 6) is 1.88. The molecule has 0 aromatic rings. The highest BCUT2D eigenvalue weighted by Crippen LogP contribution is 2.36. The first-order chi connectivity index (χ1) is 6.89. The van der Waals surface area contributed by atoms with E-state index in [1.165, 1.54) is 0 Å². The van der Waals surface area contributed by atoms with Crippen LogP contribution in [0.1, 0.15) is 40.5 Å². The molecule has 0 spiro atoms. The number of allylic oxidation sites excluding steroid dienone is 1. The van der Waals surface area contributed by atoms with E-state index < -0.39 is 0 Å². The molecule has 82 valence electrons. The Hall–Kier alpha value is -0.785. The Morgan fingerprint density at radius 2 is 1.73 bits per heavy atom. The van der Waals surface area contributed by atoms with Gasteiger partial charge in [-0.15, -0.1) is 0 Å². The van der Waals surface area contributed by atoms with Gasteiger partial charge in [0.2, 0.25) is 0 Å². The van der Waals surface area contributed by atoms with Crippen LogP contribution in [0.15, 0.2) is 12.1 Å². The van der Waals surface area contributed by atoms with Crippen LogP contribution in [0.5, 0.6) is 0 Å². The van der Waals surface area contributed by atoms with Gasteiger partial charge in [0.15, 0.2) is 0 Å². The normalized spacial score (nSPS) is 23.3. The molecule has 0 aromatic heterocycles. The summed E-state index contributed by atoms with van der Waals surface area (Å²) in [4.78, 5) is 0. The van der Waals surface area contributed by atoms with Gasteiger partial charge in [-0.1, -0.05) is 12.1 Å². The highest BCUT2D eigenvalue weighted by atomic mass is 16.7. The Balaban J connectivity index is 2.49. The fourth-order valence-electron chi connectivity index (χ4n) is 1.32. The highest BCUT2D eigenvalue weighted by molar-refractivity contribution is 6.51. The average molecular weight is 207 g/mol. The van der Waals surface area contributed by atoms with Crippen LogP contribution in [0.25, 0.3) is 0 Å². The quantitative estimate of drug-likeness (QED) is 0.527. The van der Waals surface area contributed by atoms with Crippen molar-refractivity contribution in [3.63, 3.8) is 0 Å². The predicted molar refractivity (Wildman–Crippen MR) is 60.1 cm³/mol. The second kappa shape index (κ2) is 4.38. The average Bonchev–Trinajstić information content (AvgIpc) is 2.30. The molecular weight excluding hydrogens is 189 g/mol. The Labute approximate surface area is 92.2 Å². The van der Waals surface area contributed by atoms with Crippen molar-refractivity contribution in [2.75, 3.05) is 0 Å². The van der Waals surface area contributed by atoms with Crippen LogP contribution in [0.2, 0.25) is 0 Å². The minimum absolute atomic E-state index is 0.281. The fraction of sp³-hybridized carbons (Fsp3) is 0.727. The monoisotopic (exact) mass is 207 g/mol. The Morgan fingerprint density at radius 3 is 2.20 bits per heavy atom. The number of unbranched alkanes of at least 4 members (excludes halogenated alkanes) is 1. The molecule has 4 heteroatoms. The zero-order chi connectivity index (χ0) is 11.5. The third kappa shape index (κ3) is 2.83. The van der Waals surface area contributed by atoms with Crippen molar-refractivity contribution >= 4 is 7.12 Å². The molecule has 0 unspecified atom stereocenters. The van der Waals surface area contributed by atoms with Gasteiger partial charge < -0.3 is 9.31 Å². The van der Waals surface area contributed by atoms with Crippen LogP contribution >= 0.6 is 0 Å². The van der Waals surface area contributed by atoms with Crippen molar-refractivity contribution in [3.05, 3.63) is 12.1 Å². The largest absolute Gasteiger partial charge is 0.486 e. The van der Waals surface area contributed by atoms with Crippen LogP contribution in [0.3, 0.4) is 0 Å². The number of hydrogen-bond donors (Lipinski definition) is 0. The first-order valence-electron chi connectivity index (χ1n) is 5.28. The smallest absolute Gasteiger partial charge is 0.400 e. The lowest BCUT2D eigenvalue weighted by Gasteiger charge is -2.32. The van der Waals surface area contributed by atoms with Gasteiger partial charge in [-0.05, 0) is 34.1 Å². The van der Waals surface area contributed by atoms with Crippen LogP contribution in [0, 0.1) is 11.3 Å². The van der Waals surface area contributed by atoms with Crippen molar-refractivity contribution in [1.29, 1.82) is 5.26 Å². The molecule has 3 nitrogen and oxygen atoms in total. The molecular formula is C11H18BNO2. The number of nitrogens with zero attached hydrogens (tertiary/aromatic N) is 1. The summed E-state index contributed by atoms with van der Waals surface area (Å²) in [5, 5.41) is 8.38. The molecule has 1 heterocycles. The lowest BCUT2D eigenvalue weighted by atomic mass is 9.89. The standard InChI is InChI=1S/C11H18BNO2/c1-10(2)11(3,4)15-12(14-10)8-6-5-7-9-13/h6,8H,5,7H2,1-4H3/b8-6-. The summed E-state index contributed by atoms with van der Waals surface area (Å²) < 4.78 is 11.5. The highest BCUT2D eigenvalue weighted by Gasteiger charge is 2.49. The molecule has 1 fully saturated rings. The van der Waals surface area contributed by atoms with Crippen LogP contribution < -0.4 is 0 Å². The molecule has 0 aliphatic carbocycles. The Bertz CT molecular complexity index is 275. The molecule has 1 aliphatic heterocycles. The van der Waals surface area contributed by atoms with Gasteiger partial charge in [0.05, 0.1) is 17.3 Å². The van der Waals surface area contributed by atoms with Crippen molar-refractivity contribution in [1.82, 2.24) is 0 Å². The molecule has 0 bridgehead atoms. The summed E-state index contributed by atoms with van der Waals surface area (Å²) in [6.45, 7) is 8.10. The third-order valence-electron chi connectivity index (χ3n) is 2.99. The van der Waals surface area contributed by atoms with E-state index in [1.807, 2.05) is 39.7 Å². The van der Waals surface area contributed by atoms with E-state index in [-0.39, 0.29) is 18.3 Å². The summed E-state index contributed by atoms with van der Waals surface area (Å²) in [7, 11) is -0.284. The lowest BCUT2D eigenvalue weighted by molar-refractivity contribution is 0.00578. The van der Waals surface area contributed by atoms with Crippen molar-refractivity contribution in [2.45, 2.75) is 51.7 Å². The first kappa shape index (κ1) is 12.3. The molecule has 0 amide bonds. The van der Waals surface area contributed by atoms with Crippen LogP contribution in [0.4, 0.5) is 0 Å². The summed E-state index contributed by atoms with van der Waals surface area (Å²) >= 11 is 0. The SMILES string of the molecule is CC1(C)OB(/C=C\CCC#N)OC1(C)C. The second-order valence-electron chi connectivity index (χ2n) is 4.75. The molecule has 0 radical (unpaired) electrons. The summed E-state index contributed by atoms with van der Waals surface area (Å²) in [6.07, 6.45) is 3.22. The van der Waals surface area contributed by atoms with Gasteiger partial charge in [-0.25, -0.2) is 0 Å². The fourth-order valence-corrected chi connectivity index (χ4v) is 1.32. The molecule has 1 aliphatic rings. The van der Waals surface area contributed by atoms with Crippen LogP contribution in [-0.4, -0.2) is 18.3 Å². The van der Waals surface area contributed by atoms with E-state index in [1.54, 1.807) is 0 Å². The van der Waals surface area contributed by atoms with E-state index in [0.29, 0.717) is 6.42 Å². The van der Waals surface area contributed by atoms with Gasteiger partial charge in [-0.2, -0.15) is 5.26 Å². The maximum absolute atomic E-state index is 8.38. The molecule has 15 heavy (non-hydrogen) atoms. The second-order valence-corrected chi connectivity index (χ2v) is 4.75. The Morgan fingerprint density at radius 1 is 1.20 bits per heavy atom. The number of rotatable bonds is 3. The van der Waals surface area contributed by atoms with Gasteiger partial charge in [-0.3, -0.25) is 0 Å². The maximum atomic E-state index is 8.38.